The van der Waals surface area contributed by atoms with Crippen LogP contribution in [0.1, 0.15) is 44.7 Å². The molecule has 1 atom stereocenters. The Balaban J connectivity index is 1.94. The van der Waals surface area contributed by atoms with E-state index in [0.29, 0.717) is 12.8 Å². The molecule has 1 unspecified atom stereocenters. The summed E-state index contributed by atoms with van der Waals surface area (Å²) in [6.07, 6.45) is 3.88. The second kappa shape index (κ2) is 7.18. The highest BCUT2D eigenvalue weighted by Crippen LogP contribution is 2.22. The molecule has 126 valence electrons. The predicted molar refractivity (Wildman–Crippen MR) is 94.4 cm³/mol. The minimum Gasteiger partial charge on any atom is -0.394 e. The number of H-pyrrole nitrogens is 1. The molecule has 0 aliphatic carbocycles. The number of benzene rings is 1. The Hall–Kier alpha value is -1.81. The van der Waals surface area contributed by atoms with Gasteiger partial charge in [-0.2, -0.15) is 0 Å². The van der Waals surface area contributed by atoms with Crippen molar-refractivity contribution in [3.8, 4) is 0 Å². The average Bonchev–Trinajstić information content (AvgIpc) is 2.85. The van der Waals surface area contributed by atoms with Crippen molar-refractivity contribution in [2.24, 2.45) is 5.41 Å². The number of aryl methyl sites for hydroxylation is 2. The lowest BCUT2D eigenvalue weighted by Crippen LogP contribution is -2.40. The van der Waals surface area contributed by atoms with Gasteiger partial charge in [-0.25, -0.2) is 0 Å². The third kappa shape index (κ3) is 5.10. The van der Waals surface area contributed by atoms with Crippen LogP contribution in [-0.2, 0) is 11.2 Å². The molecule has 0 aliphatic heterocycles. The van der Waals surface area contributed by atoms with Crippen LogP contribution in [0.15, 0.2) is 24.4 Å². The van der Waals surface area contributed by atoms with Gasteiger partial charge in [-0.1, -0.05) is 32.4 Å². The zero-order chi connectivity index (χ0) is 17.0. The van der Waals surface area contributed by atoms with E-state index in [4.69, 9.17) is 0 Å². The molecule has 0 aliphatic rings. The molecule has 2 rings (SSSR count). The largest absolute Gasteiger partial charge is 0.394 e. The van der Waals surface area contributed by atoms with Crippen LogP contribution in [0.5, 0.6) is 0 Å². The Kier molecular flexibility index (Phi) is 5.47. The third-order valence-corrected chi connectivity index (χ3v) is 3.99. The Morgan fingerprint density at radius 1 is 1.35 bits per heavy atom. The normalized spacial score (nSPS) is 13.3. The second-order valence-corrected chi connectivity index (χ2v) is 7.57. The topological polar surface area (TPSA) is 65.1 Å². The maximum Gasteiger partial charge on any atom is 0.220 e. The van der Waals surface area contributed by atoms with Gasteiger partial charge in [0, 0.05) is 23.5 Å². The third-order valence-electron chi connectivity index (χ3n) is 3.99. The summed E-state index contributed by atoms with van der Waals surface area (Å²) >= 11 is 0. The SMILES string of the molecule is Cc1ccc2[nH]cc(CCC(=O)NC(CO)CC(C)(C)C)c2c1. The summed E-state index contributed by atoms with van der Waals surface area (Å²) < 4.78 is 0. The van der Waals surface area contributed by atoms with Crippen LogP contribution in [0, 0.1) is 12.3 Å². The fourth-order valence-electron chi connectivity index (χ4n) is 2.95. The van der Waals surface area contributed by atoms with Crippen molar-refractivity contribution < 1.29 is 9.90 Å². The molecule has 4 nitrogen and oxygen atoms in total. The lowest BCUT2D eigenvalue weighted by atomic mass is 9.88. The van der Waals surface area contributed by atoms with Gasteiger partial charge in [0.2, 0.25) is 5.91 Å². The highest BCUT2D eigenvalue weighted by atomic mass is 16.3. The highest BCUT2D eigenvalue weighted by molar-refractivity contribution is 5.85. The van der Waals surface area contributed by atoms with E-state index >= 15 is 0 Å². The first kappa shape index (κ1) is 17.5. The molecule has 1 heterocycles. The van der Waals surface area contributed by atoms with E-state index in [-0.39, 0.29) is 24.0 Å². The molecule has 0 bridgehead atoms. The fourth-order valence-corrected chi connectivity index (χ4v) is 2.95. The zero-order valence-electron chi connectivity index (χ0n) is 14.6. The molecule has 3 N–H and O–H groups in total. The number of hydrogen-bond donors (Lipinski definition) is 3. The Morgan fingerprint density at radius 3 is 2.74 bits per heavy atom. The van der Waals surface area contributed by atoms with Gasteiger partial charge in [0.15, 0.2) is 0 Å². The summed E-state index contributed by atoms with van der Waals surface area (Å²) in [5, 5.41) is 13.6. The summed E-state index contributed by atoms with van der Waals surface area (Å²) in [5.74, 6) is -0.00435. The molecule has 0 radical (unpaired) electrons. The van der Waals surface area contributed by atoms with Crippen molar-refractivity contribution in [3.63, 3.8) is 0 Å². The van der Waals surface area contributed by atoms with E-state index < -0.39 is 0 Å². The summed E-state index contributed by atoms with van der Waals surface area (Å²) in [6.45, 7) is 8.37. The number of aliphatic hydroxyl groups excluding tert-OH is 1. The van der Waals surface area contributed by atoms with Crippen molar-refractivity contribution in [2.75, 3.05) is 6.61 Å². The quantitative estimate of drug-likeness (QED) is 0.765. The van der Waals surface area contributed by atoms with Gasteiger partial charge >= 0.3 is 0 Å². The van der Waals surface area contributed by atoms with Crippen LogP contribution in [0.2, 0.25) is 0 Å². The fraction of sp³-hybridized carbons (Fsp3) is 0.526. The maximum atomic E-state index is 12.2. The maximum absolute atomic E-state index is 12.2. The van der Waals surface area contributed by atoms with Gasteiger partial charge in [0.05, 0.1) is 12.6 Å². The van der Waals surface area contributed by atoms with E-state index in [0.717, 1.165) is 17.5 Å². The molecular weight excluding hydrogens is 288 g/mol. The van der Waals surface area contributed by atoms with E-state index in [2.05, 4.69) is 56.2 Å². The van der Waals surface area contributed by atoms with Crippen LogP contribution < -0.4 is 5.32 Å². The monoisotopic (exact) mass is 316 g/mol. The highest BCUT2D eigenvalue weighted by Gasteiger charge is 2.19. The molecule has 0 fully saturated rings. The molecule has 0 saturated heterocycles. The molecule has 2 aromatic rings. The number of rotatable bonds is 6. The van der Waals surface area contributed by atoms with Crippen molar-refractivity contribution in [1.82, 2.24) is 10.3 Å². The molecule has 0 saturated carbocycles. The smallest absolute Gasteiger partial charge is 0.220 e. The summed E-state index contributed by atoms with van der Waals surface area (Å²) in [4.78, 5) is 15.4. The van der Waals surface area contributed by atoms with Crippen LogP contribution in [0.3, 0.4) is 0 Å². The van der Waals surface area contributed by atoms with Gasteiger partial charge in [-0.3, -0.25) is 4.79 Å². The molecule has 1 aromatic heterocycles. The van der Waals surface area contributed by atoms with Gasteiger partial charge in [0.1, 0.15) is 0 Å². The molecule has 1 aromatic carbocycles. The number of amides is 1. The first-order valence-corrected chi connectivity index (χ1v) is 8.25. The van der Waals surface area contributed by atoms with E-state index in [9.17, 15) is 9.90 Å². The Labute approximate surface area is 138 Å². The van der Waals surface area contributed by atoms with Crippen molar-refractivity contribution in [2.45, 2.75) is 53.0 Å². The van der Waals surface area contributed by atoms with E-state index in [1.54, 1.807) is 0 Å². The summed E-state index contributed by atoms with van der Waals surface area (Å²) in [7, 11) is 0. The van der Waals surface area contributed by atoms with Crippen molar-refractivity contribution in [1.29, 1.82) is 0 Å². The molecular formula is C19H28N2O2. The number of hydrogen-bond acceptors (Lipinski definition) is 2. The number of aliphatic hydroxyl groups is 1. The van der Waals surface area contributed by atoms with Crippen LogP contribution in [0.25, 0.3) is 10.9 Å². The summed E-state index contributed by atoms with van der Waals surface area (Å²) in [5.41, 5.74) is 3.56. The number of carbonyl (C=O) groups is 1. The second-order valence-electron chi connectivity index (χ2n) is 7.57. The standard InChI is InChI=1S/C19H28N2O2/c1-13-5-7-17-16(9-13)14(11-20-17)6-8-18(23)21-15(12-22)10-19(2,3)4/h5,7,9,11,15,20,22H,6,8,10,12H2,1-4H3,(H,21,23). The first-order valence-electron chi connectivity index (χ1n) is 8.25. The van der Waals surface area contributed by atoms with Gasteiger partial charge < -0.3 is 15.4 Å². The van der Waals surface area contributed by atoms with E-state index in [1.165, 1.54) is 10.9 Å². The van der Waals surface area contributed by atoms with Crippen molar-refractivity contribution >= 4 is 16.8 Å². The number of aromatic amines is 1. The number of fused-ring (bicyclic) bond motifs is 1. The first-order chi connectivity index (χ1) is 10.8. The predicted octanol–water partition coefficient (Wildman–Crippen LogP) is 3.32. The zero-order valence-corrected chi connectivity index (χ0v) is 14.6. The van der Waals surface area contributed by atoms with Gasteiger partial charge in [0.25, 0.3) is 0 Å². The van der Waals surface area contributed by atoms with Gasteiger partial charge in [-0.05, 0) is 42.9 Å². The molecule has 4 heteroatoms. The molecule has 0 spiro atoms. The van der Waals surface area contributed by atoms with Crippen LogP contribution in [0.4, 0.5) is 0 Å². The Bertz CT molecular complexity index is 668. The average molecular weight is 316 g/mol. The lowest BCUT2D eigenvalue weighted by molar-refractivity contribution is -0.122. The molecule has 1 amide bonds. The van der Waals surface area contributed by atoms with E-state index in [1.807, 2.05) is 6.20 Å². The number of nitrogens with one attached hydrogen (secondary N) is 2. The summed E-state index contributed by atoms with van der Waals surface area (Å²) in [6, 6.07) is 6.12. The number of aromatic nitrogens is 1. The minimum absolute atomic E-state index is 0.00435. The Morgan fingerprint density at radius 2 is 2.09 bits per heavy atom. The molecule has 23 heavy (non-hydrogen) atoms. The lowest BCUT2D eigenvalue weighted by Gasteiger charge is -2.25. The minimum atomic E-state index is -0.173. The number of carbonyl (C=O) groups excluding carboxylic acids is 1. The van der Waals surface area contributed by atoms with Crippen molar-refractivity contribution in [3.05, 3.63) is 35.5 Å². The van der Waals surface area contributed by atoms with Crippen LogP contribution in [-0.4, -0.2) is 28.6 Å². The van der Waals surface area contributed by atoms with Gasteiger partial charge in [-0.15, -0.1) is 0 Å². The van der Waals surface area contributed by atoms with Crippen LogP contribution >= 0.6 is 0 Å².